The summed E-state index contributed by atoms with van der Waals surface area (Å²) in [4.78, 5) is 12.0. The molecule has 0 aliphatic carbocycles. The molecule has 0 amide bonds. The van der Waals surface area contributed by atoms with Crippen molar-refractivity contribution in [3.63, 3.8) is 0 Å². The van der Waals surface area contributed by atoms with Crippen LogP contribution in [0.5, 0.6) is 0 Å². The highest BCUT2D eigenvalue weighted by atomic mass is 16.5. The fourth-order valence-electron chi connectivity index (χ4n) is 2.20. The van der Waals surface area contributed by atoms with Crippen LogP contribution in [0.3, 0.4) is 0 Å². The highest BCUT2D eigenvalue weighted by molar-refractivity contribution is 5.97. The van der Waals surface area contributed by atoms with Gasteiger partial charge in [0.1, 0.15) is 6.61 Å². The van der Waals surface area contributed by atoms with Crippen LogP contribution in [0.2, 0.25) is 0 Å². The summed E-state index contributed by atoms with van der Waals surface area (Å²) in [6, 6.07) is 7.82. The van der Waals surface area contributed by atoms with Gasteiger partial charge in [0.25, 0.3) is 0 Å². The predicted octanol–water partition coefficient (Wildman–Crippen LogP) is 2.20. The molecule has 1 heterocycles. The SMILES string of the molecule is CCc1cccc(C(=O)COC2CCNCC2)c1. The lowest BCUT2D eigenvalue weighted by Crippen LogP contribution is -2.33. The Morgan fingerprint density at radius 1 is 1.39 bits per heavy atom. The number of aryl methyl sites for hydroxylation is 1. The summed E-state index contributed by atoms with van der Waals surface area (Å²) in [6.07, 6.45) is 3.20. The maximum Gasteiger partial charge on any atom is 0.188 e. The van der Waals surface area contributed by atoms with Crippen molar-refractivity contribution in [3.8, 4) is 0 Å². The van der Waals surface area contributed by atoms with E-state index in [0.717, 1.165) is 37.9 Å². The van der Waals surface area contributed by atoms with E-state index in [0.29, 0.717) is 0 Å². The Balaban J connectivity index is 1.86. The van der Waals surface area contributed by atoms with Crippen LogP contribution in [0.4, 0.5) is 0 Å². The number of ether oxygens (including phenoxy) is 1. The summed E-state index contributed by atoms with van der Waals surface area (Å²) in [7, 11) is 0. The number of piperidine rings is 1. The predicted molar refractivity (Wildman–Crippen MR) is 72.0 cm³/mol. The molecule has 0 radical (unpaired) electrons. The van der Waals surface area contributed by atoms with Gasteiger partial charge in [0, 0.05) is 5.56 Å². The second-order valence-corrected chi connectivity index (χ2v) is 4.74. The zero-order chi connectivity index (χ0) is 12.8. The highest BCUT2D eigenvalue weighted by Crippen LogP contribution is 2.10. The Morgan fingerprint density at radius 3 is 2.89 bits per heavy atom. The molecule has 0 bridgehead atoms. The number of Topliss-reactive ketones (excluding diaryl/α,β-unsaturated/α-hetero) is 1. The molecule has 0 atom stereocenters. The van der Waals surface area contributed by atoms with Crippen molar-refractivity contribution in [1.82, 2.24) is 5.32 Å². The number of rotatable bonds is 5. The summed E-state index contributed by atoms with van der Waals surface area (Å²) in [5.41, 5.74) is 1.96. The molecule has 2 rings (SSSR count). The van der Waals surface area contributed by atoms with Crippen LogP contribution < -0.4 is 5.32 Å². The number of benzene rings is 1. The fraction of sp³-hybridized carbons (Fsp3) is 0.533. The van der Waals surface area contributed by atoms with Crippen LogP contribution in [-0.4, -0.2) is 31.6 Å². The lowest BCUT2D eigenvalue weighted by atomic mass is 10.1. The van der Waals surface area contributed by atoms with Gasteiger partial charge in [-0.05, 0) is 44.0 Å². The number of carbonyl (C=O) groups excluding carboxylic acids is 1. The first-order valence-corrected chi connectivity index (χ1v) is 6.74. The third kappa shape index (κ3) is 3.65. The second-order valence-electron chi connectivity index (χ2n) is 4.74. The van der Waals surface area contributed by atoms with Crippen molar-refractivity contribution in [3.05, 3.63) is 35.4 Å². The number of hydrogen-bond donors (Lipinski definition) is 1. The normalized spacial score (nSPS) is 16.7. The summed E-state index contributed by atoms with van der Waals surface area (Å²) < 4.78 is 5.68. The second kappa shape index (κ2) is 6.66. The minimum Gasteiger partial charge on any atom is -0.370 e. The monoisotopic (exact) mass is 247 g/mol. The maximum atomic E-state index is 12.0. The lowest BCUT2D eigenvalue weighted by molar-refractivity contribution is 0.0317. The van der Waals surface area contributed by atoms with Crippen molar-refractivity contribution >= 4 is 5.78 Å². The molecular formula is C15H21NO2. The molecule has 1 aliphatic heterocycles. The van der Waals surface area contributed by atoms with Crippen molar-refractivity contribution in [2.45, 2.75) is 32.3 Å². The average molecular weight is 247 g/mol. The lowest BCUT2D eigenvalue weighted by Gasteiger charge is -2.22. The molecule has 1 aliphatic rings. The van der Waals surface area contributed by atoms with Gasteiger partial charge >= 0.3 is 0 Å². The largest absolute Gasteiger partial charge is 0.370 e. The first-order chi connectivity index (χ1) is 8.79. The van der Waals surface area contributed by atoms with Gasteiger partial charge in [-0.1, -0.05) is 25.1 Å². The molecule has 0 unspecified atom stereocenters. The summed E-state index contributed by atoms with van der Waals surface area (Å²) in [5.74, 6) is 0.0869. The molecule has 0 aromatic heterocycles. The minimum atomic E-state index is 0.0869. The highest BCUT2D eigenvalue weighted by Gasteiger charge is 2.15. The van der Waals surface area contributed by atoms with E-state index in [4.69, 9.17) is 4.74 Å². The van der Waals surface area contributed by atoms with E-state index in [-0.39, 0.29) is 18.5 Å². The van der Waals surface area contributed by atoms with Crippen molar-refractivity contribution in [2.24, 2.45) is 0 Å². The van der Waals surface area contributed by atoms with Crippen LogP contribution in [0.25, 0.3) is 0 Å². The van der Waals surface area contributed by atoms with Gasteiger partial charge in [-0.25, -0.2) is 0 Å². The van der Waals surface area contributed by atoms with Crippen LogP contribution >= 0.6 is 0 Å². The Labute approximate surface area is 109 Å². The first-order valence-electron chi connectivity index (χ1n) is 6.74. The van der Waals surface area contributed by atoms with Crippen LogP contribution in [0.15, 0.2) is 24.3 Å². The van der Waals surface area contributed by atoms with Gasteiger partial charge in [-0.15, -0.1) is 0 Å². The van der Waals surface area contributed by atoms with Crippen molar-refractivity contribution < 1.29 is 9.53 Å². The standard InChI is InChI=1S/C15H21NO2/c1-2-12-4-3-5-13(10-12)15(17)11-18-14-6-8-16-9-7-14/h3-5,10,14,16H,2,6-9,11H2,1H3. The van der Waals surface area contributed by atoms with Gasteiger partial charge in [0.2, 0.25) is 0 Å². The van der Waals surface area contributed by atoms with E-state index in [1.165, 1.54) is 5.56 Å². The third-order valence-corrected chi connectivity index (χ3v) is 3.39. The zero-order valence-corrected chi connectivity index (χ0v) is 10.9. The summed E-state index contributed by atoms with van der Waals surface area (Å²) >= 11 is 0. The van der Waals surface area contributed by atoms with Crippen molar-refractivity contribution in [2.75, 3.05) is 19.7 Å². The summed E-state index contributed by atoms with van der Waals surface area (Å²) in [6.45, 7) is 4.28. The van der Waals surface area contributed by atoms with Crippen LogP contribution in [-0.2, 0) is 11.2 Å². The van der Waals surface area contributed by atoms with E-state index in [1.807, 2.05) is 24.3 Å². The molecule has 3 nitrogen and oxygen atoms in total. The Hall–Kier alpha value is -1.19. The molecule has 0 saturated carbocycles. The zero-order valence-electron chi connectivity index (χ0n) is 10.9. The van der Waals surface area contributed by atoms with E-state index < -0.39 is 0 Å². The van der Waals surface area contributed by atoms with E-state index in [2.05, 4.69) is 12.2 Å². The van der Waals surface area contributed by atoms with Gasteiger partial charge < -0.3 is 10.1 Å². The maximum absolute atomic E-state index is 12.0. The van der Waals surface area contributed by atoms with Crippen LogP contribution in [0, 0.1) is 0 Å². The van der Waals surface area contributed by atoms with E-state index in [1.54, 1.807) is 0 Å². The molecule has 1 N–H and O–H groups in total. The third-order valence-electron chi connectivity index (χ3n) is 3.39. The molecule has 98 valence electrons. The molecule has 1 aromatic rings. The molecule has 0 spiro atoms. The van der Waals surface area contributed by atoms with Crippen LogP contribution in [0.1, 0.15) is 35.7 Å². The molecule has 1 aromatic carbocycles. The van der Waals surface area contributed by atoms with Crippen molar-refractivity contribution in [1.29, 1.82) is 0 Å². The Morgan fingerprint density at radius 2 is 2.17 bits per heavy atom. The first kappa shape index (κ1) is 13.2. The average Bonchev–Trinajstić information content (AvgIpc) is 2.46. The quantitative estimate of drug-likeness (QED) is 0.811. The minimum absolute atomic E-state index is 0.0869. The molecular weight excluding hydrogens is 226 g/mol. The Bertz CT molecular complexity index is 397. The molecule has 1 saturated heterocycles. The number of carbonyl (C=O) groups is 1. The number of ketones is 1. The fourth-order valence-corrected chi connectivity index (χ4v) is 2.20. The van der Waals surface area contributed by atoms with Gasteiger partial charge in [-0.2, -0.15) is 0 Å². The van der Waals surface area contributed by atoms with Gasteiger partial charge in [-0.3, -0.25) is 4.79 Å². The number of nitrogens with one attached hydrogen (secondary N) is 1. The summed E-state index contributed by atoms with van der Waals surface area (Å²) in [5, 5.41) is 3.28. The van der Waals surface area contributed by atoms with E-state index in [9.17, 15) is 4.79 Å². The smallest absolute Gasteiger partial charge is 0.188 e. The van der Waals surface area contributed by atoms with E-state index >= 15 is 0 Å². The molecule has 3 heteroatoms. The molecule has 18 heavy (non-hydrogen) atoms. The molecule has 1 fully saturated rings. The Kier molecular flexibility index (Phi) is 4.90. The van der Waals surface area contributed by atoms with Gasteiger partial charge in [0.15, 0.2) is 5.78 Å². The van der Waals surface area contributed by atoms with Gasteiger partial charge in [0.05, 0.1) is 6.10 Å². The number of hydrogen-bond acceptors (Lipinski definition) is 3. The topological polar surface area (TPSA) is 38.3 Å².